The Morgan fingerprint density at radius 2 is 2.20 bits per heavy atom. The lowest BCUT2D eigenvalue weighted by atomic mass is 10.2. The molecule has 0 radical (unpaired) electrons. The maximum atomic E-state index is 5.31. The van der Waals surface area contributed by atoms with Gasteiger partial charge in [-0.15, -0.1) is 11.8 Å². The molecule has 0 spiro atoms. The second kappa shape index (κ2) is 4.73. The Morgan fingerprint density at radius 1 is 1.40 bits per heavy atom. The van der Waals surface area contributed by atoms with Crippen LogP contribution in [0.5, 0.6) is 0 Å². The minimum Gasteiger partial charge on any atom is -0.256 e. The fourth-order valence-electron chi connectivity index (χ4n) is 1.40. The number of hydrogen-bond donors (Lipinski definition) is 0. The number of rotatable bonds is 2. The molecule has 1 nitrogen and oxygen atoms in total. The molecule has 76 valence electrons. The number of aromatic nitrogens is 1. The van der Waals surface area contributed by atoms with E-state index in [-0.39, 0.29) is 0 Å². The normalized spacial score (nSPS) is 10.5. The van der Waals surface area contributed by atoms with Crippen LogP contribution in [0.4, 0.5) is 0 Å². The quantitative estimate of drug-likeness (QED) is 0.735. The van der Waals surface area contributed by atoms with Gasteiger partial charge in [0.15, 0.2) is 0 Å². The summed E-state index contributed by atoms with van der Waals surface area (Å²) in [5.41, 5.74) is 2.07. The monoisotopic (exact) mass is 233 g/mol. The summed E-state index contributed by atoms with van der Waals surface area (Å²) in [5, 5.41) is 1.15. The van der Waals surface area contributed by atoms with Crippen LogP contribution < -0.4 is 0 Å². The Morgan fingerprint density at radius 3 is 3.00 bits per heavy atom. The highest BCUT2D eigenvalue weighted by molar-refractivity contribution is 8.23. The van der Waals surface area contributed by atoms with Gasteiger partial charge in [-0.25, -0.2) is 0 Å². The maximum Gasteiger partial charge on any atom is 0.0793 e. The zero-order valence-electron chi connectivity index (χ0n) is 8.43. The van der Waals surface area contributed by atoms with E-state index in [0.717, 1.165) is 26.4 Å². The van der Waals surface area contributed by atoms with Crippen molar-refractivity contribution in [3.8, 4) is 0 Å². The van der Waals surface area contributed by atoms with Gasteiger partial charge in [0, 0.05) is 17.1 Å². The molecule has 1 aromatic carbocycles. The summed E-state index contributed by atoms with van der Waals surface area (Å²) in [6.45, 7) is 2.10. The third-order valence-electron chi connectivity index (χ3n) is 2.10. The van der Waals surface area contributed by atoms with Crippen LogP contribution in [-0.2, 0) is 0 Å². The fraction of sp³-hybridized carbons (Fsp3) is 0.167. The van der Waals surface area contributed by atoms with Crippen LogP contribution >= 0.6 is 24.0 Å². The molecule has 0 unspecified atom stereocenters. The first kappa shape index (κ1) is 10.6. The molecule has 3 heteroatoms. The SMILES string of the molecule is CCSC(=S)c1cnc2ccccc2c1. The summed E-state index contributed by atoms with van der Waals surface area (Å²) in [7, 11) is 0. The number of hydrogen-bond acceptors (Lipinski definition) is 3. The Labute approximate surface area is 98.9 Å². The Hall–Kier alpha value is -0.930. The van der Waals surface area contributed by atoms with E-state index in [1.165, 1.54) is 0 Å². The van der Waals surface area contributed by atoms with E-state index in [2.05, 4.69) is 24.0 Å². The number of benzene rings is 1. The number of fused-ring (bicyclic) bond motifs is 1. The van der Waals surface area contributed by atoms with E-state index in [1.54, 1.807) is 11.8 Å². The smallest absolute Gasteiger partial charge is 0.0793 e. The van der Waals surface area contributed by atoms with Crippen molar-refractivity contribution in [2.45, 2.75) is 6.92 Å². The van der Waals surface area contributed by atoms with Crippen LogP contribution in [0.1, 0.15) is 12.5 Å². The molecule has 0 amide bonds. The summed E-state index contributed by atoms with van der Waals surface area (Å²) >= 11 is 6.99. The fourth-order valence-corrected chi connectivity index (χ4v) is 2.40. The van der Waals surface area contributed by atoms with Crippen molar-refractivity contribution >= 4 is 39.1 Å². The zero-order valence-corrected chi connectivity index (χ0v) is 10.1. The summed E-state index contributed by atoms with van der Waals surface area (Å²) < 4.78 is 0.927. The summed E-state index contributed by atoms with van der Waals surface area (Å²) in [6, 6.07) is 10.2. The predicted molar refractivity (Wildman–Crippen MR) is 71.6 cm³/mol. The van der Waals surface area contributed by atoms with Crippen LogP contribution in [0.2, 0.25) is 0 Å². The first-order valence-electron chi connectivity index (χ1n) is 4.83. The number of nitrogens with zero attached hydrogens (tertiary/aromatic N) is 1. The Kier molecular flexibility index (Phi) is 3.34. The lowest BCUT2D eigenvalue weighted by Crippen LogP contribution is -1.93. The average molecular weight is 233 g/mol. The van der Waals surface area contributed by atoms with E-state index in [9.17, 15) is 0 Å². The van der Waals surface area contributed by atoms with Gasteiger partial charge in [0.25, 0.3) is 0 Å². The van der Waals surface area contributed by atoms with Crippen molar-refractivity contribution in [1.29, 1.82) is 0 Å². The first-order chi connectivity index (χ1) is 7.31. The second-order valence-electron chi connectivity index (χ2n) is 3.14. The van der Waals surface area contributed by atoms with Gasteiger partial charge >= 0.3 is 0 Å². The molecule has 0 saturated heterocycles. The highest BCUT2D eigenvalue weighted by Crippen LogP contribution is 2.17. The topological polar surface area (TPSA) is 12.9 Å². The standard InChI is InChI=1S/C12H11NS2/c1-2-15-12(14)10-7-9-5-3-4-6-11(9)13-8-10/h3-8H,2H2,1H3. The number of thioether (sulfide) groups is 1. The zero-order chi connectivity index (χ0) is 10.7. The van der Waals surface area contributed by atoms with E-state index >= 15 is 0 Å². The van der Waals surface area contributed by atoms with Crippen molar-refractivity contribution in [2.75, 3.05) is 5.75 Å². The molecule has 1 heterocycles. The molecule has 0 N–H and O–H groups in total. The van der Waals surface area contributed by atoms with Gasteiger partial charge in [-0.05, 0) is 17.9 Å². The first-order valence-corrected chi connectivity index (χ1v) is 6.22. The summed E-state index contributed by atoms with van der Waals surface area (Å²) in [4.78, 5) is 4.38. The van der Waals surface area contributed by atoms with Crippen LogP contribution in [0.15, 0.2) is 36.5 Å². The van der Waals surface area contributed by atoms with Gasteiger partial charge in [-0.2, -0.15) is 0 Å². The number of pyridine rings is 1. The van der Waals surface area contributed by atoms with Crippen LogP contribution in [0, 0.1) is 0 Å². The molecule has 2 rings (SSSR count). The third-order valence-corrected chi connectivity index (χ3v) is 3.48. The van der Waals surface area contributed by atoms with Crippen LogP contribution in [0.25, 0.3) is 10.9 Å². The van der Waals surface area contributed by atoms with Crippen molar-refractivity contribution in [1.82, 2.24) is 4.98 Å². The van der Waals surface area contributed by atoms with Gasteiger partial charge in [0.05, 0.1) is 9.71 Å². The lowest BCUT2D eigenvalue weighted by molar-refractivity contribution is 1.40. The molecular weight excluding hydrogens is 222 g/mol. The minimum absolute atomic E-state index is 0.927. The molecule has 1 aromatic heterocycles. The van der Waals surface area contributed by atoms with E-state index in [4.69, 9.17) is 12.2 Å². The van der Waals surface area contributed by atoms with Gasteiger partial charge in [0.2, 0.25) is 0 Å². The molecule has 2 aromatic rings. The molecular formula is C12H11NS2. The van der Waals surface area contributed by atoms with Crippen LogP contribution in [0.3, 0.4) is 0 Å². The third kappa shape index (κ3) is 2.36. The molecule has 0 aliphatic rings. The molecule has 0 bridgehead atoms. The van der Waals surface area contributed by atoms with E-state index in [1.807, 2.05) is 24.4 Å². The van der Waals surface area contributed by atoms with Crippen LogP contribution in [-0.4, -0.2) is 14.9 Å². The highest BCUT2D eigenvalue weighted by Gasteiger charge is 2.02. The lowest BCUT2D eigenvalue weighted by Gasteiger charge is -2.03. The number of para-hydroxylation sites is 1. The maximum absolute atomic E-state index is 5.31. The molecule has 0 atom stereocenters. The minimum atomic E-state index is 0.927. The second-order valence-corrected chi connectivity index (χ2v) is 5.08. The number of thiocarbonyl (C=S) groups is 1. The molecule has 0 aliphatic carbocycles. The van der Waals surface area contributed by atoms with E-state index < -0.39 is 0 Å². The molecule has 0 aliphatic heterocycles. The molecule has 15 heavy (non-hydrogen) atoms. The average Bonchev–Trinajstić information content (AvgIpc) is 2.29. The van der Waals surface area contributed by atoms with Crippen molar-refractivity contribution in [2.24, 2.45) is 0 Å². The Bertz CT molecular complexity index is 494. The summed E-state index contributed by atoms with van der Waals surface area (Å²) in [6.07, 6.45) is 1.85. The molecule has 0 fully saturated rings. The van der Waals surface area contributed by atoms with Gasteiger partial charge < -0.3 is 0 Å². The van der Waals surface area contributed by atoms with Gasteiger partial charge in [-0.1, -0.05) is 37.3 Å². The van der Waals surface area contributed by atoms with Gasteiger partial charge in [-0.3, -0.25) is 4.98 Å². The molecule has 0 saturated carbocycles. The Balaban J connectivity index is 2.42. The highest BCUT2D eigenvalue weighted by atomic mass is 32.2. The van der Waals surface area contributed by atoms with Crippen molar-refractivity contribution in [3.05, 3.63) is 42.1 Å². The predicted octanol–water partition coefficient (Wildman–Crippen LogP) is 3.66. The van der Waals surface area contributed by atoms with E-state index in [0.29, 0.717) is 0 Å². The van der Waals surface area contributed by atoms with Gasteiger partial charge in [0.1, 0.15) is 0 Å². The van der Waals surface area contributed by atoms with Crippen molar-refractivity contribution in [3.63, 3.8) is 0 Å². The van der Waals surface area contributed by atoms with Crippen molar-refractivity contribution < 1.29 is 0 Å². The summed E-state index contributed by atoms with van der Waals surface area (Å²) in [5.74, 6) is 1.01. The largest absolute Gasteiger partial charge is 0.256 e.